The number of likely N-dealkylation sites (tertiary alicyclic amines) is 1. The van der Waals surface area contributed by atoms with Crippen molar-refractivity contribution < 1.29 is 9.50 Å². The number of halogens is 1. The summed E-state index contributed by atoms with van der Waals surface area (Å²) in [5.74, 6) is 0.193. The van der Waals surface area contributed by atoms with Crippen LogP contribution in [0.1, 0.15) is 25.3 Å². The molecule has 0 radical (unpaired) electrons. The van der Waals surface area contributed by atoms with Crippen LogP contribution in [0.4, 0.5) is 4.39 Å². The third-order valence-corrected chi connectivity index (χ3v) is 3.54. The second-order valence-corrected chi connectivity index (χ2v) is 5.00. The zero-order valence-corrected chi connectivity index (χ0v) is 10.3. The van der Waals surface area contributed by atoms with Crippen LogP contribution in [0.15, 0.2) is 24.3 Å². The summed E-state index contributed by atoms with van der Waals surface area (Å²) in [6.45, 7) is 4.73. The van der Waals surface area contributed by atoms with Crippen LogP contribution in [0, 0.1) is 11.7 Å². The summed E-state index contributed by atoms with van der Waals surface area (Å²) in [5, 5.41) is 9.62. The van der Waals surface area contributed by atoms with Crippen molar-refractivity contribution in [2.45, 2.75) is 32.4 Å². The molecule has 0 aliphatic carbocycles. The summed E-state index contributed by atoms with van der Waals surface area (Å²) in [6.07, 6.45) is 2.01. The summed E-state index contributed by atoms with van der Waals surface area (Å²) in [5.41, 5.74) is 1.14. The maximum absolute atomic E-state index is 12.8. The molecule has 0 aromatic heterocycles. The molecule has 2 unspecified atom stereocenters. The minimum absolute atomic E-state index is 0.186. The molecule has 3 heteroatoms. The van der Waals surface area contributed by atoms with E-state index in [0.29, 0.717) is 5.92 Å². The van der Waals surface area contributed by atoms with Crippen LogP contribution in [0.2, 0.25) is 0 Å². The lowest BCUT2D eigenvalue weighted by Gasteiger charge is -2.34. The zero-order valence-electron chi connectivity index (χ0n) is 10.3. The first-order chi connectivity index (χ1) is 8.15. The van der Waals surface area contributed by atoms with Crippen LogP contribution in [-0.4, -0.2) is 29.2 Å². The van der Waals surface area contributed by atoms with Crippen molar-refractivity contribution in [1.29, 1.82) is 0 Å². The summed E-state index contributed by atoms with van der Waals surface area (Å²) in [4.78, 5) is 2.34. The van der Waals surface area contributed by atoms with Gasteiger partial charge in [-0.3, -0.25) is 4.90 Å². The molecular weight excluding hydrogens is 217 g/mol. The van der Waals surface area contributed by atoms with Gasteiger partial charge in [-0.15, -0.1) is 0 Å². The Morgan fingerprint density at radius 1 is 1.41 bits per heavy atom. The predicted molar refractivity (Wildman–Crippen MR) is 66.1 cm³/mol. The molecule has 17 heavy (non-hydrogen) atoms. The summed E-state index contributed by atoms with van der Waals surface area (Å²) in [6, 6.07) is 6.68. The molecule has 2 rings (SSSR count). The van der Waals surface area contributed by atoms with Gasteiger partial charge in [-0.05, 0) is 49.9 Å². The lowest BCUT2D eigenvalue weighted by Crippen LogP contribution is -2.38. The Morgan fingerprint density at radius 2 is 2.12 bits per heavy atom. The van der Waals surface area contributed by atoms with Crippen LogP contribution in [0.5, 0.6) is 0 Å². The van der Waals surface area contributed by atoms with E-state index in [1.807, 2.05) is 19.1 Å². The first kappa shape index (κ1) is 12.5. The highest BCUT2D eigenvalue weighted by Gasteiger charge is 2.23. The Hall–Kier alpha value is -0.930. The molecule has 1 fully saturated rings. The highest BCUT2D eigenvalue weighted by Crippen LogP contribution is 2.21. The third-order valence-electron chi connectivity index (χ3n) is 3.54. The fourth-order valence-electron chi connectivity index (χ4n) is 2.48. The van der Waals surface area contributed by atoms with E-state index in [1.54, 1.807) is 0 Å². The van der Waals surface area contributed by atoms with Gasteiger partial charge in [-0.1, -0.05) is 12.1 Å². The molecule has 2 nitrogen and oxygen atoms in total. The maximum atomic E-state index is 12.8. The predicted octanol–water partition coefficient (Wildman–Crippen LogP) is 2.42. The van der Waals surface area contributed by atoms with Gasteiger partial charge in [0.25, 0.3) is 0 Å². The van der Waals surface area contributed by atoms with Crippen molar-refractivity contribution >= 4 is 0 Å². The number of nitrogens with zero attached hydrogens (tertiary/aromatic N) is 1. The van der Waals surface area contributed by atoms with E-state index in [2.05, 4.69) is 4.90 Å². The lowest BCUT2D eigenvalue weighted by atomic mass is 9.93. The number of aliphatic hydroxyl groups excluding tert-OH is 1. The molecule has 0 saturated carbocycles. The highest BCUT2D eigenvalue weighted by molar-refractivity contribution is 5.15. The van der Waals surface area contributed by atoms with E-state index in [0.717, 1.165) is 38.0 Å². The van der Waals surface area contributed by atoms with Gasteiger partial charge < -0.3 is 5.11 Å². The highest BCUT2D eigenvalue weighted by atomic mass is 19.1. The van der Waals surface area contributed by atoms with Crippen molar-refractivity contribution in [1.82, 2.24) is 4.90 Å². The van der Waals surface area contributed by atoms with Crippen LogP contribution in [0.25, 0.3) is 0 Å². The molecular formula is C14H20FNO. The van der Waals surface area contributed by atoms with Gasteiger partial charge in [0.05, 0.1) is 6.10 Å². The zero-order chi connectivity index (χ0) is 12.3. The average Bonchev–Trinajstić information content (AvgIpc) is 2.32. The summed E-state index contributed by atoms with van der Waals surface area (Å²) in [7, 11) is 0. The quantitative estimate of drug-likeness (QED) is 0.872. The van der Waals surface area contributed by atoms with Crippen LogP contribution >= 0.6 is 0 Å². The van der Waals surface area contributed by atoms with Gasteiger partial charge in [-0.25, -0.2) is 4.39 Å². The SMILES string of the molecule is CC(O)C1CCCN(Cc2ccc(F)cc2)C1. The van der Waals surface area contributed by atoms with Crippen molar-refractivity contribution in [2.75, 3.05) is 13.1 Å². The minimum Gasteiger partial charge on any atom is -0.393 e. The first-order valence-electron chi connectivity index (χ1n) is 6.30. The number of aliphatic hydroxyl groups is 1. The topological polar surface area (TPSA) is 23.5 Å². The monoisotopic (exact) mass is 237 g/mol. The maximum Gasteiger partial charge on any atom is 0.123 e. The molecule has 1 aliphatic rings. The fourth-order valence-corrected chi connectivity index (χ4v) is 2.48. The number of hydrogen-bond acceptors (Lipinski definition) is 2. The Bertz CT molecular complexity index is 350. The van der Waals surface area contributed by atoms with E-state index in [4.69, 9.17) is 0 Å². The molecule has 1 N–H and O–H groups in total. The molecule has 1 aromatic carbocycles. The van der Waals surface area contributed by atoms with Crippen molar-refractivity contribution in [2.24, 2.45) is 5.92 Å². The molecule has 0 spiro atoms. The molecule has 0 bridgehead atoms. The van der Waals surface area contributed by atoms with Crippen molar-refractivity contribution in [3.05, 3.63) is 35.6 Å². The Kier molecular flexibility index (Phi) is 4.13. The number of rotatable bonds is 3. The average molecular weight is 237 g/mol. The smallest absolute Gasteiger partial charge is 0.123 e. The third kappa shape index (κ3) is 3.51. The lowest BCUT2D eigenvalue weighted by molar-refractivity contribution is 0.0599. The van der Waals surface area contributed by atoms with Gasteiger partial charge in [0.1, 0.15) is 5.82 Å². The molecule has 1 aliphatic heterocycles. The van der Waals surface area contributed by atoms with Crippen LogP contribution < -0.4 is 0 Å². The van der Waals surface area contributed by atoms with E-state index < -0.39 is 0 Å². The Labute approximate surface area is 102 Å². The van der Waals surface area contributed by atoms with E-state index in [1.165, 1.54) is 12.1 Å². The van der Waals surface area contributed by atoms with Gasteiger partial charge in [0.2, 0.25) is 0 Å². The van der Waals surface area contributed by atoms with Gasteiger partial charge in [0.15, 0.2) is 0 Å². The number of benzene rings is 1. The summed E-state index contributed by atoms with van der Waals surface area (Å²) < 4.78 is 12.8. The van der Waals surface area contributed by atoms with E-state index in [9.17, 15) is 9.50 Å². The normalized spacial score (nSPS) is 23.6. The largest absolute Gasteiger partial charge is 0.393 e. The van der Waals surface area contributed by atoms with Gasteiger partial charge in [-0.2, -0.15) is 0 Å². The van der Waals surface area contributed by atoms with Crippen LogP contribution in [0.3, 0.4) is 0 Å². The molecule has 94 valence electrons. The van der Waals surface area contributed by atoms with Crippen molar-refractivity contribution in [3.8, 4) is 0 Å². The van der Waals surface area contributed by atoms with E-state index >= 15 is 0 Å². The Morgan fingerprint density at radius 3 is 2.76 bits per heavy atom. The van der Waals surface area contributed by atoms with Crippen LogP contribution in [-0.2, 0) is 6.54 Å². The number of hydrogen-bond donors (Lipinski definition) is 1. The van der Waals surface area contributed by atoms with E-state index in [-0.39, 0.29) is 11.9 Å². The molecule has 0 amide bonds. The second-order valence-electron chi connectivity index (χ2n) is 5.00. The Balaban J connectivity index is 1.92. The molecule has 1 heterocycles. The van der Waals surface area contributed by atoms with Crippen molar-refractivity contribution in [3.63, 3.8) is 0 Å². The second kappa shape index (κ2) is 5.61. The fraction of sp³-hybridized carbons (Fsp3) is 0.571. The first-order valence-corrected chi connectivity index (χ1v) is 6.30. The van der Waals surface area contributed by atoms with Gasteiger partial charge in [0, 0.05) is 13.1 Å². The molecule has 1 aromatic rings. The standard InChI is InChI=1S/C14H20FNO/c1-11(17)13-3-2-8-16(10-13)9-12-4-6-14(15)7-5-12/h4-7,11,13,17H,2-3,8-10H2,1H3. The van der Waals surface area contributed by atoms with Gasteiger partial charge >= 0.3 is 0 Å². The summed E-state index contributed by atoms with van der Waals surface area (Å²) >= 11 is 0. The number of piperidine rings is 1. The molecule has 2 atom stereocenters. The molecule has 1 saturated heterocycles. The minimum atomic E-state index is -0.231.